The number of carbonyl (C=O) groups excluding carboxylic acids is 3. The Bertz CT molecular complexity index is 503. The van der Waals surface area contributed by atoms with Crippen LogP contribution in [0.4, 0.5) is 0 Å². The van der Waals surface area contributed by atoms with Crippen molar-refractivity contribution in [3.8, 4) is 0 Å². The minimum absolute atomic E-state index is 0.110. The number of rotatable bonds is 6. The Labute approximate surface area is 122 Å². The summed E-state index contributed by atoms with van der Waals surface area (Å²) >= 11 is 0. The van der Waals surface area contributed by atoms with E-state index in [1.807, 2.05) is 0 Å². The first-order valence-corrected chi connectivity index (χ1v) is 6.36. The van der Waals surface area contributed by atoms with Gasteiger partial charge in [0.05, 0.1) is 13.7 Å². The second kappa shape index (κ2) is 8.01. The fourth-order valence-corrected chi connectivity index (χ4v) is 1.61. The van der Waals surface area contributed by atoms with Crippen LogP contribution in [0.15, 0.2) is 30.3 Å². The fraction of sp³-hybridized carbons (Fsp3) is 0.357. The molecule has 0 saturated heterocycles. The van der Waals surface area contributed by atoms with Crippen LogP contribution < -0.4 is 11.1 Å². The Kier molecular flexibility index (Phi) is 6.35. The van der Waals surface area contributed by atoms with Gasteiger partial charge in [0, 0.05) is 0 Å². The smallest absolute Gasteiger partial charge is 0.333 e. The van der Waals surface area contributed by atoms with Crippen LogP contribution in [0.3, 0.4) is 0 Å². The first-order valence-electron chi connectivity index (χ1n) is 6.36. The molecule has 0 heterocycles. The van der Waals surface area contributed by atoms with Crippen molar-refractivity contribution in [2.45, 2.75) is 19.0 Å². The molecule has 7 heteroatoms. The fourth-order valence-electron chi connectivity index (χ4n) is 1.61. The van der Waals surface area contributed by atoms with Crippen molar-refractivity contribution >= 4 is 17.8 Å². The van der Waals surface area contributed by atoms with Crippen LogP contribution in [0.2, 0.25) is 0 Å². The van der Waals surface area contributed by atoms with Gasteiger partial charge in [0.15, 0.2) is 12.1 Å². The minimum atomic E-state index is -1.50. The Morgan fingerprint density at radius 1 is 1.19 bits per heavy atom. The quantitative estimate of drug-likeness (QED) is 0.560. The molecule has 21 heavy (non-hydrogen) atoms. The molecule has 2 atom stereocenters. The van der Waals surface area contributed by atoms with E-state index in [1.54, 1.807) is 37.3 Å². The SMILES string of the molecule is CCOC(=O)C(N)C(=O)NC(C(=O)OC)c1ccccc1. The van der Waals surface area contributed by atoms with Crippen molar-refractivity contribution in [3.63, 3.8) is 0 Å². The Morgan fingerprint density at radius 2 is 1.81 bits per heavy atom. The maximum atomic E-state index is 11.9. The van der Waals surface area contributed by atoms with Crippen LogP contribution in [0.5, 0.6) is 0 Å². The van der Waals surface area contributed by atoms with Gasteiger partial charge in [-0.3, -0.25) is 4.79 Å². The lowest BCUT2D eigenvalue weighted by Gasteiger charge is -2.18. The van der Waals surface area contributed by atoms with E-state index < -0.39 is 29.9 Å². The number of esters is 2. The molecule has 1 aromatic rings. The van der Waals surface area contributed by atoms with Crippen molar-refractivity contribution in [1.29, 1.82) is 0 Å². The third-order valence-corrected chi connectivity index (χ3v) is 2.68. The summed E-state index contributed by atoms with van der Waals surface area (Å²) in [4.78, 5) is 35.1. The summed E-state index contributed by atoms with van der Waals surface area (Å²) in [6, 6.07) is 5.95. The van der Waals surface area contributed by atoms with Crippen LogP contribution in [-0.4, -0.2) is 37.6 Å². The maximum Gasteiger partial charge on any atom is 0.333 e. The summed E-state index contributed by atoms with van der Waals surface area (Å²) in [5.41, 5.74) is 6.00. The molecule has 0 aliphatic heterocycles. The Hall–Kier alpha value is -2.41. The van der Waals surface area contributed by atoms with E-state index in [0.717, 1.165) is 0 Å². The van der Waals surface area contributed by atoms with Gasteiger partial charge in [0.1, 0.15) is 0 Å². The molecule has 0 radical (unpaired) electrons. The molecule has 7 nitrogen and oxygen atoms in total. The van der Waals surface area contributed by atoms with Crippen LogP contribution in [0, 0.1) is 0 Å². The summed E-state index contributed by atoms with van der Waals surface area (Å²) in [6.07, 6.45) is 0. The molecule has 0 fully saturated rings. The van der Waals surface area contributed by atoms with E-state index in [0.29, 0.717) is 5.56 Å². The van der Waals surface area contributed by atoms with Crippen molar-refractivity contribution in [3.05, 3.63) is 35.9 Å². The van der Waals surface area contributed by atoms with Gasteiger partial charge in [0.25, 0.3) is 0 Å². The van der Waals surface area contributed by atoms with E-state index in [2.05, 4.69) is 14.8 Å². The molecule has 0 aliphatic rings. The van der Waals surface area contributed by atoms with E-state index in [1.165, 1.54) is 7.11 Å². The van der Waals surface area contributed by atoms with E-state index >= 15 is 0 Å². The third-order valence-electron chi connectivity index (χ3n) is 2.68. The summed E-state index contributed by atoms with van der Waals surface area (Å²) < 4.78 is 9.30. The largest absolute Gasteiger partial charge is 0.467 e. The predicted molar refractivity (Wildman–Crippen MR) is 74.0 cm³/mol. The van der Waals surface area contributed by atoms with E-state index in [4.69, 9.17) is 5.73 Å². The van der Waals surface area contributed by atoms with Gasteiger partial charge in [-0.2, -0.15) is 0 Å². The van der Waals surface area contributed by atoms with E-state index in [9.17, 15) is 14.4 Å². The first kappa shape index (κ1) is 16.6. The van der Waals surface area contributed by atoms with Crippen molar-refractivity contribution < 1.29 is 23.9 Å². The highest BCUT2D eigenvalue weighted by molar-refractivity contribution is 6.03. The molecule has 0 saturated carbocycles. The number of amides is 1. The molecule has 3 N–H and O–H groups in total. The highest BCUT2D eigenvalue weighted by Crippen LogP contribution is 2.14. The lowest BCUT2D eigenvalue weighted by molar-refractivity contribution is -0.151. The number of nitrogens with two attached hydrogens (primary N) is 1. The molecular formula is C14H18N2O5. The van der Waals surface area contributed by atoms with Gasteiger partial charge in [-0.15, -0.1) is 0 Å². The van der Waals surface area contributed by atoms with Gasteiger partial charge in [-0.25, -0.2) is 9.59 Å². The summed E-state index contributed by atoms with van der Waals surface area (Å²) in [7, 11) is 1.20. The number of carbonyl (C=O) groups is 3. The predicted octanol–water partition coefficient (Wildman–Crippen LogP) is -0.0927. The standard InChI is InChI=1S/C14H18N2O5/c1-3-21-13(18)10(15)12(17)16-11(14(19)20-2)9-7-5-4-6-8-9/h4-8,10-11H,3,15H2,1-2H3,(H,16,17). The summed E-state index contributed by atoms with van der Waals surface area (Å²) in [6.45, 7) is 1.71. The first-order chi connectivity index (χ1) is 10.0. The van der Waals surface area contributed by atoms with Gasteiger partial charge in [0.2, 0.25) is 5.91 Å². The van der Waals surface area contributed by atoms with E-state index in [-0.39, 0.29) is 6.61 Å². The number of hydrogen-bond donors (Lipinski definition) is 2. The molecule has 1 aromatic carbocycles. The van der Waals surface area contributed by atoms with Crippen LogP contribution in [0.1, 0.15) is 18.5 Å². The molecule has 1 rings (SSSR count). The molecule has 0 aliphatic carbocycles. The van der Waals surface area contributed by atoms with Gasteiger partial charge >= 0.3 is 11.9 Å². The Balaban J connectivity index is 2.85. The number of nitrogens with one attached hydrogen (secondary N) is 1. The zero-order valence-corrected chi connectivity index (χ0v) is 11.9. The van der Waals surface area contributed by atoms with Crippen molar-refractivity contribution in [2.75, 3.05) is 13.7 Å². The zero-order chi connectivity index (χ0) is 15.8. The monoisotopic (exact) mass is 294 g/mol. The third kappa shape index (κ3) is 4.57. The highest BCUT2D eigenvalue weighted by atomic mass is 16.5. The normalized spacial score (nSPS) is 12.9. The minimum Gasteiger partial charge on any atom is -0.467 e. The van der Waals surface area contributed by atoms with Crippen molar-refractivity contribution in [2.24, 2.45) is 5.73 Å². The molecular weight excluding hydrogens is 276 g/mol. The Morgan fingerprint density at radius 3 is 2.33 bits per heavy atom. The maximum absolute atomic E-state index is 11.9. The molecule has 0 bridgehead atoms. The van der Waals surface area contributed by atoms with Crippen LogP contribution >= 0.6 is 0 Å². The number of methoxy groups -OCH3 is 1. The summed E-state index contributed by atoms with van der Waals surface area (Å²) in [5, 5.41) is 2.38. The topological polar surface area (TPSA) is 108 Å². The average Bonchev–Trinajstić information content (AvgIpc) is 2.51. The molecule has 114 valence electrons. The van der Waals surface area contributed by atoms with Crippen LogP contribution in [-0.2, 0) is 23.9 Å². The molecule has 2 unspecified atom stereocenters. The summed E-state index contributed by atoms with van der Waals surface area (Å²) in [5.74, 6) is -2.33. The zero-order valence-electron chi connectivity index (χ0n) is 11.9. The highest BCUT2D eigenvalue weighted by Gasteiger charge is 2.29. The van der Waals surface area contributed by atoms with Crippen LogP contribution in [0.25, 0.3) is 0 Å². The molecule has 0 spiro atoms. The number of hydrogen-bond acceptors (Lipinski definition) is 6. The van der Waals surface area contributed by atoms with Gasteiger partial charge in [-0.05, 0) is 12.5 Å². The average molecular weight is 294 g/mol. The molecule has 0 aromatic heterocycles. The lowest BCUT2D eigenvalue weighted by atomic mass is 10.1. The van der Waals surface area contributed by atoms with Gasteiger partial charge < -0.3 is 20.5 Å². The second-order valence-corrected chi connectivity index (χ2v) is 4.11. The number of ether oxygens (including phenoxy) is 2. The lowest BCUT2D eigenvalue weighted by Crippen LogP contribution is -2.49. The molecule has 1 amide bonds. The number of benzene rings is 1. The second-order valence-electron chi connectivity index (χ2n) is 4.11. The van der Waals surface area contributed by atoms with Gasteiger partial charge in [-0.1, -0.05) is 30.3 Å². The van der Waals surface area contributed by atoms with Crippen molar-refractivity contribution in [1.82, 2.24) is 5.32 Å².